The van der Waals surface area contributed by atoms with Crippen LogP contribution in [0, 0.1) is 11.3 Å². The van der Waals surface area contributed by atoms with Crippen LogP contribution in [-0.2, 0) is 37.4 Å². The standard InChI is InChI=1S/C26H43N6O10P/c1-9-38-18(33)12-40-43(36,31-16(10-14(2)3)23(35)41-15(4)5)39-11-17-20(34)26(6,7)24(42-17)32-13-28-19-21(32)29-25(27)30-22(19)37-8/h13-17,20,24,34H,9-12H2,1-8H3,(H,31,36)(H2,27,29,30)/t16-,17+,20+,24+,43?/m0/s1. The summed E-state index contributed by atoms with van der Waals surface area (Å²) in [6.45, 7) is 11.2. The molecule has 3 rings (SSSR count). The van der Waals surface area contributed by atoms with Gasteiger partial charge >= 0.3 is 19.7 Å². The van der Waals surface area contributed by atoms with Gasteiger partial charge in [-0.2, -0.15) is 9.97 Å². The molecule has 0 radical (unpaired) electrons. The maximum atomic E-state index is 14.0. The van der Waals surface area contributed by atoms with Gasteiger partial charge in [-0.25, -0.2) is 19.4 Å². The van der Waals surface area contributed by atoms with Gasteiger partial charge in [-0.1, -0.05) is 27.7 Å². The predicted octanol–water partition coefficient (Wildman–Crippen LogP) is 2.36. The number of carbonyl (C=O) groups is 2. The van der Waals surface area contributed by atoms with E-state index in [4.69, 9.17) is 33.7 Å². The lowest BCUT2D eigenvalue weighted by molar-refractivity contribution is -0.150. The third kappa shape index (κ3) is 8.40. The maximum absolute atomic E-state index is 14.0. The van der Waals surface area contributed by atoms with E-state index in [0.717, 1.165) is 0 Å². The van der Waals surface area contributed by atoms with Crippen molar-refractivity contribution in [3.8, 4) is 5.88 Å². The van der Waals surface area contributed by atoms with Crippen molar-refractivity contribution in [1.82, 2.24) is 24.6 Å². The van der Waals surface area contributed by atoms with Crippen molar-refractivity contribution >= 4 is 36.8 Å². The lowest BCUT2D eigenvalue weighted by Gasteiger charge is -2.29. The van der Waals surface area contributed by atoms with Crippen molar-refractivity contribution < 1.29 is 47.3 Å². The zero-order valence-corrected chi connectivity index (χ0v) is 26.7. The normalized spacial score (nSPS) is 22.1. The molecule has 1 saturated heterocycles. The molecule has 1 aliphatic heterocycles. The summed E-state index contributed by atoms with van der Waals surface area (Å²) in [5.74, 6) is -1.30. The largest absolute Gasteiger partial charge is 0.479 e. The minimum atomic E-state index is -4.38. The summed E-state index contributed by atoms with van der Waals surface area (Å²) in [5.41, 5.74) is 5.59. The van der Waals surface area contributed by atoms with Crippen molar-refractivity contribution in [1.29, 1.82) is 0 Å². The smallest absolute Gasteiger partial charge is 0.406 e. The highest BCUT2D eigenvalue weighted by molar-refractivity contribution is 7.51. The first-order chi connectivity index (χ1) is 20.1. The van der Waals surface area contributed by atoms with Crippen molar-refractivity contribution in [2.24, 2.45) is 11.3 Å². The van der Waals surface area contributed by atoms with E-state index in [2.05, 4.69) is 20.0 Å². The molecule has 2 aromatic rings. The first-order valence-corrected chi connectivity index (χ1v) is 15.6. The molecule has 0 aliphatic carbocycles. The van der Waals surface area contributed by atoms with E-state index in [1.165, 1.54) is 13.4 Å². The molecule has 1 unspecified atom stereocenters. The minimum Gasteiger partial charge on any atom is -0.479 e. The quantitative estimate of drug-likeness (QED) is 0.191. The van der Waals surface area contributed by atoms with Crippen molar-refractivity contribution in [3.63, 3.8) is 0 Å². The van der Waals surface area contributed by atoms with E-state index < -0.39 is 68.9 Å². The van der Waals surface area contributed by atoms with E-state index >= 15 is 0 Å². The topological polar surface area (TPSA) is 208 Å². The van der Waals surface area contributed by atoms with E-state index in [9.17, 15) is 19.3 Å². The number of rotatable bonds is 15. The molecule has 1 aliphatic rings. The summed E-state index contributed by atoms with van der Waals surface area (Å²) >= 11 is 0. The van der Waals surface area contributed by atoms with Gasteiger partial charge in [-0.15, -0.1) is 0 Å². The number of aliphatic hydroxyl groups is 1. The van der Waals surface area contributed by atoms with Gasteiger partial charge in [0.25, 0.3) is 0 Å². The number of aliphatic hydroxyl groups excluding tert-OH is 1. The first kappa shape index (κ1) is 34.6. The van der Waals surface area contributed by atoms with Crippen LogP contribution in [0.2, 0.25) is 0 Å². The third-order valence-electron chi connectivity index (χ3n) is 6.63. The van der Waals surface area contributed by atoms with Crippen molar-refractivity contribution in [2.75, 3.05) is 32.7 Å². The van der Waals surface area contributed by atoms with Crippen molar-refractivity contribution in [3.05, 3.63) is 6.33 Å². The van der Waals surface area contributed by atoms with E-state index in [0.29, 0.717) is 11.2 Å². The zero-order chi connectivity index (χ0) is 32.1. The van der Waals surface area contributed by atoms with Gasteiger partial charge < -0.3 is 29.8 Å². The number of hydrogen-bond acceptors (Lipinski definition) is 14. The molecule has 2 aromatic heterocycles. The Kier molecular flexibility index (Phi) is 11.5. The second-order valence-electron chi connectivity index (χ2n) is 11.4. The van der Waals surface area contributed by atoms with Crippen molar-refractivity contribution in [2.45, 2.75) is 85.5 Å². The van der Waals surface area contributed by atoms with E-state index in [1.54, 1.807) is 39.2 Å². The summed E-state index contributed by atoms with van der Waals surface area (Å²) in [6.07, 6.45) is -1.69. The zero-order valence-electron chi connectivity index (χ0n) is 25.8. The molecule has 0 aromatic carbocycles. The van der Waals surface area contributed by atoms with Gasteiger partial charge in [-0.3, -0.25) is 18.4 Å². The number of imidazole rings is 1. The Labute approximate surface area is 250 Å². The highest BCUT2D eigenvalue weighted by atomic mass is 31.2. The number of nitrogens with zero attached hydrogens (tertiary/aromatic N) is 4. The Balaban J connectivity index is 1.86. The van der Waals surface area contributed by atoms with Gasteiger partial charge in [0.05, 0.1) is 38.9 Å². The molecular weight excluding hydrogens is 587 g/mol. The fourth-order valence-electron chi connectivity index (χ4n) is 4.62. The number of anilines is 1. The number of fused-ring (bicyclic) bond motifs is 1. The highest BCUT2D eigenvalue weighted by Crippen LogP contribution is 2.49. The van der Waals surface area contributed by atoms with Gasteiger partial charge in [0.15, 0.2) is 17.8 Å². The molecule has 242 valence electrons. The van der Waals surface area contributed by atoms with Crippen LogP contribution in [0.4, 0.5) is 5.95 Å². The second-order valence-corrected chi connectivity index (χ2v) is 13.1. The van der Waals surface area contributed by atoms with Crippen LogP contribution in [0.25, 0.3) is 11.2 Å². The fraction of sp³-hybridized carbons (Fsp3) is 0.731. The second kappa shape index (κ2) is 14.3. The number of nitrogen functional groups attached to an aromatic ring is 1. The molecule has 17 heteroatoms. The molecule has 5 atom stereocenters. The van der Waals surface area contributed by atoms with Crippen LogP contribution in [0.15, 0.2) is 6.33 Å². The van der Waals surface area contributed by atoms with Crippen LogP contribution >= 0.6 is 7.75 Å². The monoisotopic (exact) mass is 630 g/mol. The molecule has 0 bridgehead atoms. The van der Waals surface area contributed by atoms with Crippen LogP contribution in [0.1, 0.15) is 61.1 Å². The van der Waals surface area contributed by atoms with Gasteiger partial charge in [0.2, 0.25) is 11.8 Å². The van der Waals surface area contributed by atoms with Gasteiger partial charge in [-0.05, 0) is 33.1 Å². The Morgan fingerprint density at radius 3 is 2.53 bits per heavy atom. The predicted molar refractivity (Wildman–Crippen MR) is 154 cm³/mol. The van der Waals surface area contributed by atoms with Crippen LogP contribution in [-0.4, -0.2) is 87.8 Å². The molecule has 3 heterocycles. The van der Waals surface area contributed by atoms with Crippen LogP contribution < -0.4 is 15.6 Å². The lowest BCUT2D eigenvalue weighted by atomic mass is 9.84. The fourth-order valence-corrected chi connectivity index (χ4v) is 6.05. The number of hydrogen-bond donors (Lipinski definition) is 3. The van der Waals surface area contributed by atoms with Gasteiger partial charge in [0, 0.05) is 5.41 Å². The first-order valence-electron chi connectivity index (χ1n) is 14.0. The third-order valence-corrected chi connectivity index (χ3v) is 8.22. The SMILES string of the molecule is CCOC(=O)COP(=O)(N[C@@H](CC(C)C)C(=O)OC(C)C)OC[C@H]1O[C@@H](n2cnc3c(OC)nc(N)nc32)C(C)(C)[C@@H]1O. The molecule has 16 nitrogen and oxygen atoms in total. The molecule has 43 heavy (non-hydrogen) atoms. The number of nitrogens with one attached hydrogen (secondary N) is 1. The number of ether oxygens (including phenoxy) is 4. The number of methoxy groups -OCH3 is 1. The summed E-state index contributed by atoms with van der Waals surface area (Å²) in [5, 5.41) is 13.9. The number of carbonyl (C=O) groups excluding carboxylic acids is 2. The molecule has 0 spiro atoms. The Bertz CT molecular complexity index is 1320. The maximum Gasteiger partial charge on any atom is 0.406 e. The Morgan fingerprint density at radius 1 is 1.23 bits per heavy atom. The molecule has 0 amide bonds. The molecule has 1 fully saturated rings. The Morgan fingerprint density at radius 2 is 1.93 bits per heavy atom. The average Bonchev–Trinajstić information content (AvgIpc) is 3.42. The molecular formula is C26H43N6O10P. The summed E-state index contributed by atoms with van der Waals surface area (Å²) < 4.78 is 48.3. The van der Waals surface area contributed by atoms with Gasteiger partial charge in [0.1, 0.15) is 18.4 Å². The Hall–Kier alpha value is -2.88. The summed E-state index contributed by atoms with van der Waals surface area (Å²) in [7, 11) is -2.95. The lowest BCUT2D eigenvalue weighted by Crippen LogP contribution is -2.40. The number of nitrogens with two attached hydrogens (primary N) is 1. The number of aromatic nitrogens is 4. The van der Waals surface area contributed by atoms with E-state index in [1.807, 2.05) is 13.8 Å². The average molecular weight is 631 g/mol. The summed E-state index contributed by atoms with van der Waals surface area (Å²) in [4.78, 5) is 37.5. The molecule has 4 N–H and O–H groups in total. The summed E-state index contributed by atoms with van der Waals surface area (Å²) in [6, 6.07) is -1.08. The highest BCUT2D eigenvalue weighted by Gasteiger charge is 2.52. The van der Waals surface area contributed by atoms with Crippen LogP contribution in [0.3, 0.4) is 0 Å². The van der Waals surface area contributed by atoms with Crippen LogP contribution in [0.5, 0.6) is 5.88 Å². The molecule has 0 saturated carbocycles. The number of esters is 2. The minimum absolute atomic E-state index is 0.00117. The van der Waals surface area contributed by atoms with E-state index in [-0.39, 0.29) is 30.8 Å².